The Hall–Kier alpha value is -1.38. The van der Waals surface area contributed by atoms with Crippen molar-refractivity contribution in [3.05, 3.63) is 46.2 Å². The van der Waals surface area contributed by atoms with Gasteiger partial charge in [0, 0.05) is 5.57 Å². The van der Waals surface area contributed by atoms with E-state index in [1.165, 1.54) is 0 Å². The van der Waals surface area contributed by atoms with Crippen molar-refractivity contribution in [2.75, 3.05) is 0 Å². The van der Waals surface area contributed by atoms with Gasteiger partial charge in [-0.15, -0.1) is 0 Å². The molecular weight excluding hydrogens is 130 g/mol. The van der Waals surface area contributed by atoms with Crippen molar-refractivity contribution < 1.29 is 4.92 Å². The lowest BCUT2D eigenvalue weighted by Crippen LogP contribution is -1.88. The molecule has 0 bridgehead atoms. The van der Waals surface area contributed by atoms with Gasteiger partial charge < -0.3 is 0 Å². The van der Waals surface area contributed by atoms with E-state index in [1.54, 1.807) is 12.2 Å². The lowest BCUT2D eigenvalue weighted by molar-refractivity contribution is -0.403. The third kappa shape index (κ3) is 1.85. The molecule has 0 unspecified atom stereocenters. The van der Waals surface area contributed by atoms with E-state index in [4.69, 9.17) is 0 Å². The Balaban J connectivity index is 2.67. The molecular formula is C7H7NO2. The molecule has 0 aliphatic heterocycles. The van der Waals surface area contributed by atoms with E-state index in [9.17, 15) is 10.1 Å². The molecule has 0 saturated carbocycles. The Bertz CT molecular complexity index is 226. The van der Waals surface area contributed by atoms with Gasteiger partial charge in [-0.1, -0.05) is 24.3 Å². The minimum absolute atomic E-state index is 0.432. The van der Waals surface area contributed by atoms with Crippen molar-refractivity contribution in [2.24, 2.45) is 0 Å². The maximum Gasteiger partial charge on any atom is 0.237 e. The van der Waals surface area contributed by atoms with E-state index in [-0.39, 0.29) is 0 Å². The average Bonchev–Trinajstić information content (AvgIpc) is 1.88. The maximum atomic E-state index is 9.94. The zero-order valence-electron chi connectivity index (χ0n) is 5.36. The lowest BCUT2D eigenvalue weighted by atomic mass is 10.1. The molecule has 1 rings (SSSR count). The summed E-state index contributed by atoms with van der Waals surface area (Å²) in [4.78, 5) is 9.51. The summed E-state index contributed by atoms with van der Waals surface area (Å²) >= 11 is 0. The molecule has 0 atom stereocenters. The van der Waals surface area contributed by atoms with Crippen LogP contribution in [0.2, 0.25) is 0 Å². The van der Waals surface area contributed by atoms with E-state index in [2.05, 4.69) is 0 Å². The second-order valence-electron chi connectivity index (χ2n) is 1.98. The van der Waals surface area contributed by atoms with Crippen LogP contribution in [0.3, 0.4) is 0 Å². The van der Waals surface area contributed by atoms with Crippen molar-refractivity contribution in [1.29, 1.82) is 0 Å². The first-order valence-electron chi connectivity index (χ1n) is 2.96. The molecule has 1 aliphatic carbocycles. The number of allylic oxidation sites excluding steroid dienone is 5. The Morgan fingerprint density at radius 1 is 1.60 bits per heavy atom. The van der Waals surface area contributed by atoms with Crippen LogP contribution in [0.4, 0.5) is 0 Å². The van der Waals surface area contributed by atoms with Gasteiger partial charge in [-0.3, -0.25) is 10.1 Å². The van der Waals surface area contributed by atoms with Crippen LogP contribution in [0.5, 0.6) is 0 Å². The van der Waals surface area contributed by atoms with Crippen molar-refractivity contribution >= 4 is 0 Å². The van der Waals surface area contributed by atoms with Gasteiger partial charge in [0.15, 0.2) is 0 Å². The molecule has 0 aromatic heterocycles. The molecule has 0 aromatic rings. The molecule has 1 aliphatic rings. The normalized spacial score (nSPS) is 19.8. The van der Waals surface area contributed by atoms with Crippen LogP contribution in [0.25, 0.3) is 0 Å². The van der Waals surface area contributed by atoms with Crippen LogP contribution < -0.4 is 0 Å². The Kier molecular flexibility index (Phi) is 1.99. The van der Waals surface area contributed by atoms with Gasteiger partial charge in [0.2, 0.25) is 6.20 Å². The molecule has 0 saturated heterocycles. The SMILES string of the molecule is O=[N+]([O-])C=C1C=CC=CC1. The fourth-order valence-electron chi connectivity index (χ4n) is 0.761. The number of hydrogen-bond acceptors (Lipinski definition) is 2. The van der Waals surface area contributed by atoms with Gasteiger partial charge in [0.05, 0.1) is 4.92 Å². The number of nitro groups is 1. The monoisotopic (exact) mass is 137 g/mol. The summed E-state index contributed by atoms with van der Waals surface area (Å²) in [6, 6.07) is 0. The molecule has 3 heteroatoms. The fraction of sp³-hybridized carbons (Fsp3) is 0.143. The molecule has 0 amide bonds. The van der Waals surface area contributed by atoms with Gasteiger partial charge in [-0.05, 0) is 6.42 Å². The number of rotatable bonds is 1. The van der Waals surface area contributed by atoms with Crippen LogP contribution in [0.1, 0.15) is 6.42 Å². The van der Waals surface area contributed by atoms with E-state index in [0.717, 1.165) is 11.8 Å². The minimum atomic E-state index is -0.432. The first kappa shape index (κ1) is 6.74. The smallest absolute Gasteiger partial charge is 0.237 e. The topological polar surface area (TPSA) is 43.1 Å². The summed E-state index contributed by atoms with van der Waals surface area (Å²) in [5.41, 5.74) is 0.743. The second-order valence-corrected chi connectivity index (χ2v) is 1.98. The van der Waals surface area contributed by atoms with Gasteiger partial charge in [0.25, 0.3) is 0 Å². The third-order valence-corrected chi connectivity index (χ3v) is 1.18. The Morgan fingerprint density at radius 2 is 2.40 bits per heavy atom. The van der Waals surface area contributed by atoms with Crippen molar-refractivity contribution in [3.63, 3.8) is 0 Å². The third-order valence-electron chi connectivity index (χ3n) is 1.18. The summed E-state index contributed by atoms with van der Waals surface area (Å²) in [5, 5.41) is 9.94. The van der Waals surface area contributed by atoms with Crippen LogP contribution in [0, 0.1) is 10.1 Å². The first-order valence-corrected chi connectivity index (χ1v) is 2.96. The Labute approximate surface area is 58.5 Å². The molecule has 0 heterocycles. The maximum absolute atomic E-state index is 9.94. The second kappa shape index (κ2) is 2.96. The first-order chi connectivity index (χ1) is 4.79. The van der Waals surface area contributed by atoms with E-state index < -0.39 is 4.92 Å². The summed E-state index contributed by atoms with van der Waals surface area (Å²) < 4.78 is 0. The highest BCUT2D eigenvalue weighted by molar-refractivity contribution is 5.27. The molecule has 0 aromatic carbocycles. The lowest BCUT2D eigenvalue weighted by Gasteiger charge is -1.95. The van der Waals surface area contributed by atoms with Crippen LogP contribution in [-0.4, -0.2) is 4.92 Å². The van der Waals surface area contributed by atoms with Crippen LogP contribution in [-0.2, 0) is 0 Å². The molecule has 0 fully saturated rings. The summed E-state index contributed by atoms with van der Waals surface area (Å²) in [5.74, 6) is 0. The zero-order chi connectivity index (χ0) is 7.40. The van der Waals surface area contributed by atoms with Gasteiger partial charge in [-0.2, -0.15) is 0 Å². The van der Waals surface area contributed by atoms with Gasteiger partial charge in [-0.25, -0.2) is 0 Å². The predicted molar refractivity (Wildman–Crippen MR) is 38.0 cm³/mol. The van der Waals surface area contributed by atoms with Crippen molar-refractivity contribution in [3.8, 4) is 0 Å². The van der Waals surface area contributed by atoms with Crippen molar-refractivity contribution in [2.45, 2.75) is 6.42 Å². The quantitative estimate of drug-likeness (QED) is 0.407. The highest BCUT2D eigenvalue weighted by Crippen LogP contribution is 2.08. The Morgan fingerprint density at radius 3 is 2.90 bits per heavy atom. The molecule has 0 N–H and O–H groups in total. The molecule has 0 radical (unpaired) electrons. The van der Waals surface area contributed by atoms with Gasteiger partial charge in [0.1, 0.15) is 0 Å². The fourth-order valence-corrected chi connectivity index (χ4v) is 0.761. The largest absolute Gasteiger partial charge is 0.259 e. The summed E-state index contributed by atoms with van der Waals surface area (Å²) in [6.07, 6.45) is 8.98. The molecule has 52 valence electrons. The highest BCUT2D eigenvalue weighted by atomic mass is 16.6. The van der Waals surface area contributed by atoms with Crippen LogP contribution >= 0.6 is 0 Å². The van der Waals surface area contributed by atoms with Crippen LogP contribution in [0.15, 0.2) is 36.1 Å². The van der Waals surface area contributed by atoms with Gasteiger partial charge >= 0.3 is 0 Å². The summed E-state index contributed by atoms with van der Waals surface area (Å²) in [7, 11) is 0. The zero-order valence-corrected chi connectivity index (χ0v) is 5.36. The highest BCUT2D eigenvalue weighted by Gasteiger charge is 1.97. The van der Waals surface area contributed by atoms with E-state index in [0.29, 0.717) is 6.42 Å². The summed E-state index contributed by atoms with van der Waals surface area (Å²) in [6.45, 7) is 0. The molecule has 0 spiro atoms. The molecule has 10 heavy (non-hydrogen) atoms. The average molecular weight is 137 g/mol. The van der Waals surface area contributed by atoms with Crippen molar-refractivity contribution in [1.82, 2.24) is 0 Å². The number of hydrogen-bond donors (Lipinski definition) is 0. The minimum Gasteiger partial charge on any atom is -0.259 e. The molecule has 3 nitrogen and oxygen atoms in total. The van der Waals surface area contributed by atoms with E-state index >= 15 is 0 Å². The standard InChI is InChI=1S/C7H7NO2/c9-8(10)6-7-4-2-1-3-5-7/h1-4,6H,5H2. The number of nitrogens with zero attached hydrogens (tertiary/aromatic N) is 1. The van der Waals surface area contributed by atoms with E-state index in [1.807, 2.05) is 12.2 Å². The predicted octanol–water partition coefficient (Wildman–Crippen LogP) is 1.66.